The molecule has 1 unspecified atom stereocenters. The van der Waals surface area contributed by atoms with Gasteiger partial charge in [-0.2, -0.15) is 0 Å². The summed E-state index contributed by atoms with van der Waals surface area (Å²) in [4.78, 5) is 0. The fourth-order valence-electron chi connectivity index (χ4n) is 1.24. The molecule has 0 aliphatic heterocycles. The summed E-state index contributed by atoms with van der Waals surface area (Å²) < 4.78 is 1.69. The van der Waals surface area contributed by atoms with Gasteiger partial charge in [-0.05, 0) is 0 Å². The van der Waals surface area contributed by atoms with Gasteiger partial charge in [0.1, 0.15) is 0 Å². The van der Waals surface area contributed by atoms with Crippen molar-refractivity contribution >= 4 is 0 Å². The molecule has 1 aliphatic carbocycles. The van der Waals surface area contributed by atoms with Crippen molar-refractivity contribution in [2.24, 2.45) is 5.92 Å². The van der Waals surface area contributed by atoms with Gasteiger partial charge in [0.15, 0.2) is 0 Å². The van der Waals surface area contributed by atoms with E-state index in [1.54, 1.807) is 7.96 Å². The summed E-state index contributed by atoms with van der Waals surface area (Å²) in [6, 6.07) is 0. The van der Waals surface area contributed by atoms with Crippen LogP contribution < -0.4 is 0 Å². The Morgan fingerprint density at radius 1 is 1.70 bits per heavy atom. The SMILES string of the molecule is CCC(C)C1=[C]([Y])CC=C1. The first-order valence-corrected chi connectivity index (χ1v) is 5.32. The molecule has 1 rings (SSSR count). The third-order valence-corrected chi connectivity index (χ3v) is 3.55. The van der Waals surface area contributed by atoms with E-state index < -0.39 is 0 Å². The van der Waals surface area contributed by atoms with Gasteiger partial charge < -0.3 is 0 Å². The van der Waals surface area contributed by atoms with Gasteiger partial charge in [0, 0.05) is 0 Å². The molecule has 0 fully saturated rings. The molecule has 0 N–H and O–H groups in total. The Balaban J connectivity index is 2.70. The fraction of sp³-hybridized carbons (Fsp3) is 0.556. The number of hydrogen-bond donors (Lipinski definition) is 0. The molecule has 0 saturated carbocycles. The fourth-order valence-corrected chi connectivity index (χ4v) is 2.51. The van der Waals surface area contributed by atoms with Crippen molar-refractivity contribution in [1.29, 1.82) is 0 Å². The average molecular weight is 210 g/mol. The summed E-state index contributed by atoms with van der Waals surface area (Å²) in [5, 5.41) is 0. The maximum absolute atomic E-state index is 2.32. The van der Waals surface area contributed by atoms with Crippen LogP contribution in [0.3, 0.4) is 0 Å². The van der Waals surface area contributed by atoms with E-state index in [0.717, 1.165) is 5.92 Å². The second-order valence-electron chi connectivity index (χ2n) is 2.90. The standard InChI is InChI=1S/C9H13.Y/c1-3-8(2)9-6-4-5-7-9;/h4,6,8H,3,5H2,1-2H3;. The monoisotopic (exact) mass is 210 g/mol. The van der Waals surface area contributed by atoms with Crippen LogP contribution in [0.5, 0.6) is 0 Å². The number of rotatable bonds is 2. The zero-order chi connectivity index (χ0) is 7.56. The van der Waals surface area contributed by atoms with E-state index in [0.29, 0.717) is 0 Å². The van der Waals surface area contributed by atoms with Crippen LogP contribution in [0.1, 0.15) is 26.7 Å². The van der Waals surface area contributed by atoms with Gasteiger partial charge in [0.05, 0.1) is 0 Å². The molecule has 0 nitrogen and oxygen atoms in total. The molecule has 0 aromatic carbocycles. The molecule has 0 heterocycles. The molecule has 0 bridgehead atoms. The molecule has 0 amide bonds. The zero-order valence-electron chi connectivity index (χ0n) is 6.72. The van der Waals surface area contributed by atoms with Crippen molar-refractivity contribution in [3.05, 3.63) is 20.1 Å². The Labute approximate surface area is 83.2 Å². The Kier molecular flexibility index (Phi) is 3.32. The van der Waals surface area contributed by atoms with Crippen molar-refractivity contribution in [1.82, 2.24) is 0 Å². The first-order valence-electron chi connectivity index (χ1n) is 3.90. The third-order valence-electron chi connectivity index (χ3n) is 2.15. The van der Waals surface area contributed by atoms with E-state index >= 15 is 0 Å². The topological polar surface area (TPSA) is 0 Å². The van der Waals surface area contributed by atoms with Crippen molar-refractivity contribution in [3.8, 4) is 0 Å². The molecule has 0 aromatic heterocycles. The van der Waals surface area contributed by atoms with E-state index in [1.807, 2.05) is 0 Å². The van der Waals surface area contributed by atoms with E-state index in [2.05, 4.69) is 26.0 Å². The van der Waals surface area contributed by atoms with E-state index in [4.69, 9.17) is 0 Å². The average Bonchev–Trinajstić information content (AvgIpc) is 2.34. The van der Waals surface area contributed by atoms with Gasteiger partial charge >= 0.3 is 83.7 Å². The maximum atomic E-state index is 2.32. The molecule has 0 radical (unpaired) electrons. The summed E-state index contributed by atoms with van der Waals surface area (Å²) in [7, 11) is 0. The second kappa shape index (κ2) is 3.83. The first kappa shape index (κ1) is 8.68. The number of allylic oxidation sites excluding steroid dienone is 4. The van der Waals surface area contributed by atoms with Crippen LogP contribution >= 0.6 is 0 Å². The molecular weight excluding hydrogens is 197 g/mol. The summed E-state index contributed by atoms with van der Waals surface area (Å²) >= 11 is 1.32. The van der Waals surface area contributed by atoms with Crippen LogP contribution in [0, 0.1) is 5.92 Å². The van der Waals surface area contributed by atoms with Crippen molar-refractivity contribution in [2.45, 2.75) is 26.7 Å². The Hall–Kier alpha value is 0.584. The summed E-state index contributed by atoms with van der Waals surface area (Å²) in [6.45, 7) is 4.58. The van der Waals surface area contributed by atoms with Crippen LogP contribution in [0.4, 0.5) is 0 Å². The van der Waals surface area contributed by atoms with Crippen molar-refractivity contribution < 1.29 is 31.0 Å². The van der Waals surface area contributed by atoms with Gasteiger partial charge in [0.25, 0.3) is 0 Å². The molecule has 10 heavy (non-hydrogen) atoms. The molecule has 0 spiro atoms. The quantitative estimate of drug-likeness (QED) is 0.657. The Bertz CT molecular complexity index is 177. The van der Waals surface area contributed by atoms with Crippen LogP contribution in [0.2, 0.25) is 0 Å². The summed E-state index contributed by atoms with van der Waals surface area (Å²) in [5.74, 6) is 0.795. The minimum atomic E-state index is 0.795. The predicted molar refractivity (Wildman–Crippen MR) is 40.2 cm³/mol. The van der Waals surface area contributed by atoms with Crippen molar-refractivity contribution in [3.63, 3.8) is 0 Å². The van der Waals surface area contributed by atoms with Crippen LogP contribution in [-0.2, 0) is 31.0 Å². The Morgan fingerprint density at radius 2 is 2.40 bits per heavy atom. The van der Waals surface area contributed by atoms with Gasteiger partial charge in [-0.1, -0.05) is 0 Å². The first-order chi connectivity index (χ1) is 4.75. The minimum absolute atomic E-state index is 0.795. The second-order valence-corrected chi connectivity index (χ2v) is 4.61. The molecule has 0 aromatic rings. The third kappa shape index (κ3) is 1.80. The molecule has 1 aliphatic rings. The van der Waals surface area contributed by atoms with Gasteiger partial charge in [-0.3, -0.25) is 0 Å². The normalized spacial score (nSPS) is 20.1. The van der Waals surface area contributed by atoms with Crippen LogP contribution in [0.15, 0.2) is 20.1 Å². The summed E-state index contributed by atoms with van der Waals surface area (Å²) in [5.41, 5.74) is 1.63. The van der Waals surface area contributed by atoms with Gasteiger partial charge in [0.2, 0.25) is 0 Å². The zero-order valence-corrected chi connectivity index (χ0v) is 9.56. The van der Waals surface area contributed by atoms with E-state index in [9.17, 15) is 0 Å². The van der Waals surface area contributed by atoms with E-state index in [-0.39, 0.29) is 0 Å². The van der Waals surface area contributed by atoms with Gasteiger partial charge in [-0.25, -0.2) is 0 Å². The molecule has 1 atom stereocenters. The van der Waals surface area contributed by atoms with Crippen molar-refractivity contribution in [2.75, 3.05) is 0 Å². The molecular formula is C9H13Y. The van der Waals surface area contributed by atoms with Crippen LogP contribution in [-0.4, -0.2) is 0 Å². The molecule has 52 valence electrons. The van der Waals surface area contributed by atoms with E-state index in [1.165, 1.54) is 43.8 Å². The molecule has 1 heteroatoms. The molecule has 0 saturated heterocycles. The predicted octanol–water partition coefficient (Wildman–Crippen LogP) is 2.79. The van der Waals surface area contributed by atoms with Crippen LogP contribution in [0.25, 0.3) is 0 Å². The Morgan fingerprint density at radius 3 is 2.80 bits per heavy atom. The summed E-state index contributed by atoms with van der Waals surface area (Å²) in [6.07, 6.45) is 7.13. The van der Waals surface area contributed by atoms with Gasteiger partial charge in [-0.15, -0.1) is 0 Å². The number of hydrogen-bond acceptors (Lipinski definition) is 0.